The number of Topliss-reactive ketones (excluding diaryl/α,β-unsaturated/α-hetero) is 1. The van der Waals surface area contributed by atoms with Gasteiger partial charge < -0.3 is 0 Å². The SMILES string of the molecule is O=C(C1CCC1)C12CC3CC(CC(C3)C1)C2. The van der Waals surface area contributed by atoms with Crippen LogP contribution in [0.15, 0.2) is 0 Å². The predicted molar refractivity (Wildman–Crippen MR) is 63.0 cm³/mol. The Labute approximate surface area is 98.0 Å². The molecule has 0 aliphatic heterocycles. The Morgan fingerprint density at radius 3 is 1.75 bits per heavy atom. The van der Waals surface area contributed by atoms with Crippen molar-refractivity contribution < 1.29 is 4.79 Å². The van der Waals surface area contributed by atoms with E-state index in [1.54, 1.807) is 0 Å². The molecule has 4 bridgehead atoms. The standard InChI is InChI=1S/C15H22O/c16-14(13-2-1-3-13)15-7-10-4-11(8-15)6-12(5-10)9-15/h10-13H,1-9H2. The van der Waals surface area contributed by atoms with Crippen molar-refractivity contribution in [3.05, 3.63) is 0 Å². The van der Waals surface area contributed by atoms with Crippen molar-refractivity contribution in [2.45, 2.75) is 57.8 Å². The number of ketones is 1. The van der Waals surface area contributed by atoms with Crippen molar-refractivity contribution in [2.24, 2.45) is 29.1 Å². The highest BCUT2D eigenvalue weighted by Crippen LogP contribution is 2.61. The van der Waals surface area contributed by atoms with E-state index in [0.717, 1.165) is 17.8 Å². The Bertz CT molecular complexity index is 291. The van der Waals surface area contributed by atoms with E-state index in [1.165, 1.54) is 57.8 Å². The molecule has 0 atom stereocenters. The molecule has 88 valence electrons. The van der Waals surface area contributed by atoms with E-state index < -0.39 is 0 Å². The molecule has 5 fully saturated rings. The number of carbonyl (C=O) groups excluding carboxylic acids is 1. The zero-order chi connectivity index (χ0) is 10.8. The number of carbonyl (C=O) groups is 1. The van der Waals surface area contributed by atoms with Gasteiger partial charge in [0.05, 0.1) is 0 Å². The summed E-state index contributed by atoms with van der Waals surface area (Å²) in [4.78, 5) is 12.7. The monoisotopic (exact) mass is 218 g/mol. The van der Waals surface area contributed by atoms with Crippen molar-refractivity contribution in [2.75, 3.05) is 0 Å². The average Bonchev–Trinajstić information content (AvgIpc) is 2.12. The Hall–Kier alpha value is -0.330. The molecular formula is C15H22O. The smallest absolute Gasteiger partial charge is 0.142 e. The molecule has 0 spiro atoms. The van der Waals surface area contributed by atoms with Crippen LogP contribution in [0, 0.1) is 29.1 Å². The van der Waals surface area contributed by atoms with E-state index in [-0.39, 0.29) is 5.41 Å². The second-order valence-corrected chi connectivity index (χ2v) is 7.19. The van der Waals surface area contributed by atoms with E-state index in [4.69, 9.17) is 0 Å². The summed E-state index contributed by atoms with van der Waals surface area (Å²) in [5.41, 5.74) is 0.194. The van der Waals surface area contributed by atoms with Crippen molar-refractivity contribution >= 4 is 5.78 Å². The number of hydrogen-bond donors (Lipinski definition) is 0. The molecular weight excluding hydrogens is 196 g/mol. The minimum absolute atomic E-state index is 0.194. The summed E-state index contributed by atoms with van der Waals surface area (Å²) in [6.45, 7) is 0. The highest BCUT2D eigenvalue weighted by atomic mass is 16.1. The molecule has 5 aliphatic rings. The van der Waals surface area contributed by atoms with Gasteiger partial charge in [-0.25, -0.2) is 0 Å². The maximum atomic E-state index is 12.7. The summed E-state index contributed by atoms with van der Waals surface area (Å²) in [5.74, 6) is 3.97. The molecule has 1 nitrogen and oxygen atoms in total. The van der Waals surface area contributed by atoms with Gasteiger partial charge in [-0.2, -0.15) is 0 Å². The molecule has 0 N–H and O–H groups in total. The van der Waals surface area contributed by atoms with Crippen LogP contribution in [0.2, 0.25) is 0 Å². The van der Waals surface area contributed by atoms with Gasteiger partial charge in [0.25, 0.3) is 0 Å². The van der Waals surface area contributed by atoms with Crippen molar-refractivity contribution in [1.82, 2.24) is 0 Å². The number of hydrogen-bond acceptors (Lipinski definition) is 1. The van der Waals surface area contributed by atoms with E-state index in [9.17, 15) is 4.79 Å². The zero-order valence-corrected chi connectivity index (χ0v) is 10.1. The predicted octanol–water partition coefficient (Wildman–Crippen LogP) is 3.57. The molecule has 0 amide bonds. The summed E-state index contributed by atoms with van der Waals surface area (Å²) in [6, 6.07) is 0. The fourth-order valence-corrected chi connectivity index (χ4v) is 5.52. The van der Waals surface area contributed by atoms with Crippen LogP contribution in [-0.2, 0) is 4.79 Å². The van der Waals surface area contributed by atoms with E-state index >= 15 is 0 Å². The zero-order valence-electron chi connectivity index (χ0n) is 10.1. The third kappa shape index (κ3) is 1.21. The molecule has 16 heavy (non-hydrogen) atoms. The van der Waals surface area contributed by atoms with Crippen LogP contribution in [0.25, 0.3) is 0 Å². The van der Waals surface area contributed by atoms with Gasteiger partial charge in [-0.05, 0) is 69.1 Å². The van der Waals surface area contributed by atoms with Gasteiger partial charge in [0.1, 0.15) is 5.78 Å². The minimum Gasteiger partial charge on any atom is -0.299 e. The normalized spacial score (nSPS) is 50.4. The Morgan fingerprint density at radius 1 is 0.875 bits per heavy atom. The third-order valence-electron chi connectivity index (χ3n) is 6.04. The van der Waals surface area contributed by atoms with Crippen LogP contribution in [0.4, 0.5) is 0 Å². The minimum atomic E-state index is 0.194. The number of rotatable bonds is 2. The van der Waals surface area contributed by atoms with E-state index in [1.807, 2.05) is 0 Å². The highest BCUT2D eigenvalue weighted by molar-refractivity contribution is 5.88. The molecule has 1 heteroatoms. The molecule has 0 heterocycles. The molecule has 0 aromatic carbocycles. The topological polar surface area (TPSA) is 17.1 Å². The van der Waals surface area contributed by atoms with Crippen LogP contribution >= 0.6 is 0 Å². The molecule has 5 saturated carbocycles. The van der Waals surface area contributed by atoms with Gasteiger partial charge in [-0.15, -0.1) is 0 Å². The maximum absolute atomic E-state index is 12.7. The van der Waals surface area contributed by atoms with Gasteiger partial charge in [-0.3, -0.25) is 4.79 Å². The van der Waals surface area contributed by atoms with Gasteiger partial charge in [0.2, 0.25) is 0 Å². The van der Waals surface area contributed by atoms with E-state index in [0.29, 0.717) is 11.7 Å². The largest absolute Gasteiger partial charge is 0.299 e. The molecule has 5 aliphatic carbocycles. The summed E-state index contributed by atoms with van der Waals surface area (Å²) in [6.07, 6.45) is 11.9. The lowest BCUT2D eigenvalue weighted by Gasteiger charge is -2.57. The average molecular weight is 218 g/mol. The quantitative estimate of drug-likeness (QED) is 0.692. The van der Waals surface area contributed by atoms with Crippen molar-refractivity contribution in [3.8, 4) is 0 Å². The van der Waals surface area contributed by atoms with Crippen LogP contribution in [-0.4, -0.2) is 5.78 Å². The summed E-state index contributed by atoms with van der Waals surface area (Å²) < 4.78 is 0. The van der Waals surface area contributed by atoms with Crippen molar-refractivity contribution in [1.29, 1.82) is 0 Å². The lowest BCUT2D eigenvalue weighted by molar-refractivity contribution is -0.150. The third-order valence-corrected chi connectivity index (χ3v) is 6.04. The van der Waals surface area contributed by atoms with Crippen LogP contribution in [0.3, 0.4) is 0 Å². The summed E-state index contributed by atoms with van der Waals surface area (Å²) >= 11 is 0. The van der Waals surface area contributed by atoms with Crippen LogP contribution < -0.4 is 0 Å². The Morgan fingerprint density at radius 2 is 1.38 bits per heavy atom. The Balaban J connectivity index is 1.63. The lowest BCUT2D eigenvalue weighted by Crippen LogP contribution is -2.52. The molecule has 0 unspecified atom stereocenters. The molecule has 5 rings (SSSR count). The van der Waals surface area contributed by atoms with Crippen molar-refractivity contribution in [3.63, 3.8) is 0 Å². The Kier molecular flexibility index (Phi) is 1.88. The molecule has 0 saturated heterocycles. The lowest BCUT2D eigenvalue weighted by atomic mass is 9.47. The maximum Gasteiger partial charge on any atom is 0.142 e. The van der Waals surface area contributed by atoms with Gasteiger partial charge in [0.15, 0.2) is 0 Å². The van der Waals surface area contributed by atoms with Gasteiger partial charge in [0, 0.05) is 11.3 Å². The fourth-order valence-electron chi connectivity index (χ4n) is 5.52. The first-order valence-electron chi connectivity index (χ1n) is 7.29. The summed E-state index contributed by atoms with van der Waals surface area (Å²) in [7, 11) is 0. The molecule has 0 aromatic heterocycles. The van der Waals surface area contributed by atoms with Gasteiger partial charge >= 0.3 is 0 Å². The molecule has 0 aromatic rings. The first-order chi connectivity index (χ1) is 7.75. The van der Waals surface area contributed by atoms with Crippen LogP contribution in [0.5, 0.6) is 0 Å². The summed E-state index contributed by atoms with van der Waals surface area (Å²) in [5, 5.41) is 0. The fraction of sp³-hybridized carbons (Fsp3) is 0.933. The second-order valence-electron chi connectivity index (χ2n) is 7.19. The first kappa shape index (κ1) is 9.67. The highest BCUT2D eigenvalue weighted by Gasteiger charge is 2.55. The first-order valence-corrected chi connectivity index (χ1v) is 7.29. The van der Waals surface area contributed by atoms with Crippen LogP contribution in [0.1, 0.15) is 57.8 Å². The second kappa shape index (κ2) is 3.11. The molecule has 0 radical (unpaired) electrons. The van der Waals surface area contributed by atoms with E-state index in [2.05, 4.69) is 0 Å². The van der Waals surface area contributed by atoms with Gasteiger partial charge in [-0.1, -0.05) is 6.42 Å².